The molecule has 1 N–H and O–H groups in total. The molecule has 0 spiro atoms. The van der Waals surface area contributed by atoms with Gasteiger partial charge >= 0.3 is 0 Å². The number of hydrogen-bond donors (Lipinski definition) is 1. The SMILES string of the molecule is O=[N+]([O-])c1cc2c(cc1NCc1cc(Cl)cs1)OCO2. The average molecular weight is 313 g/mol. The Balaban J connectivity index is 1.86. The van der Waals surface area contributed by atoms with E-state index in [2.05, 4.69) is 5.32 Å². The van der Waals surface area contributed by atoms with Crippen molar-refractivity contribution >= 4 is 34.3 Å². The Morgan fingerprint density at radius 2 is 2.10 bits per heavy atom. The fourth-order valence-electron chi connectivity index (χ4n) is 1.85. The quantitative estimate of drug-likeness (QED) is 0.689. The maximum absolute atomic E-state index is 11.1. The Kier molecular flexibility index (Phi) is 3.37. The van der Waals surface area contributed by atoms with Gasteiger partial charge in [0.05, 0.1) is 16.0 Å². The number of nitro benzene ring substituents is 1. The third-order valence-electron chi connectivity index (χ3n) is 2.76. The van der Waals surface area contributed by atoms with Gasteiger partial charge in [-0.05, 0) is 6.07 Å². The summed E-state index contributed by atoms with van der Waals surface area (Å²) < 4.78 is 10.4. The van der Waals surface area contributed by atoms with E-state index in [0.717, 1.165) is 4.88 Å². The summed E-state index contributed by atoms with van der Waals surface area (Å²) in [5.74, 6) is 0.892. The van der Waals surface area contributed by atoms with Gasteiger partial charge in [0.2, 0.25) is 6.79 Å². The average Bonchev–Trinajstić information content (AvgIpc) is 3.03. The van der Waals surface area contributed by atoms with Crippen LogP contribution in [0.2, 0.25) is 5.02 Å². The molecule has 0 bridgehead atoms. The maximum atomic E-state index is 11.1. The predicted molar refractivity (Wildman–Crippen MR) is 75.9 cm³/mol. The number of nitro groups is 1. The molecule has 1 aliphatic rings. The Bertz CT molecular complexity index is 673. The van der Waals surface area contributed by atoms with Crippen LogP contribution < -0.4 is 14.8 Å². The molecule has 0 saturated carbocycles. The van der Waals surface area contributed by atoms with Crippen LogP contribution in [-0.2, 0) is 6.54 Å². The number of thiophene rings is 1. The highest BCUT2D eigenvalue weighted by Crippen LogP contribution is 2.40. The summed E-state index contributed by atoms with van der Waals surface area (Å²) in [6, 6.07) is 4.76. The lowest BCUT2D eigenvalue weighted by molar-refractivity contribution is -0.384. The van der Waals surface area contributed by atoms with E-state index in [1.807, 2.05) is 11.4 Å². The number of anilines is 1. The van der Waals surface area contributed by atoms with Crippen molar-refractivity contribution in [1.29, 1.82) is 0 Å². The number of ether oxygens (including phenoxy) is 2. The highest BCUT2D eigenvalue weighted by Gasteiger charge is 2.23. The summed E-state index contributed by atoms with van der Waals surface area (Å²) >= 11 is 7.33. The van der Waals surface area contributed by atoms with Crippen LogP contribution in [0, 0.1) is 10.1 Å². The summed E-state index contributed by atoms with van der Waals surface area (Å²) in [5.41, 5.74) is 0.348. The van der Waals surface area contributed by atoms with Gasteiger partial charge in [0.1, 0.15) is 5.69 Å². The lowest BCUT2D eigenvalue weighted by Crippen LogP contribution is -2.01. The molecule has 20 heavy (non-hydrogen) atoms. The number of hydrogen-bond acceptors (Lipinski definition) is 6. The molecule has 1 aromatic carbocycles. The van der Waals surface area contributed by atoms with E-state index >= 15 is 0 Å². The van der Waals surface area contributed by atoms with Crippen molar-refractivity contribution in [3.05, 3.63) is 43.6 Å². The van der Waals surface area contributed by atoms with Gasteiger partial charge in [-0.3, -0.25) is 10.1 Å². The van der Waals surface area contributed by atoms with Crippen molar-refractivity contribution in [1.82, 2.24) is 0 Å². The Hall–Kier alpha value is -1.99. The van der Waals surface area contributed by atoms with E-state index in [0.29, 0.717) is 28.8 Å². The molecule has 3 rings (SSSR count). The summed E-state index contributed by atoms with van der Waals surface area (Å²) in [5, 5.41) is 16.6. The molecule has 0 fully saturated rings. The van der Waals surface area contributed by atoms with Crippen molar-refractivity contribution in [2.24, 2.45) is 0 Å². The standard InChI is InChI=1S/C12H9ClN2O4S/c13-7-1-8(20-5-7)4-14-9-2-11-12(19-6-18-11)3-10(9)15(16)17/h1-3,5,14H,4,6H2. The summed E-state index contributed by atoms with van der Waals surface area (Å²) in [6.07, 6.45) is 0. The van der Waals surface area contributed by atoms with Crippen molar-refractivity contribution in [2.75, 3.05) is 12.1 Å². The molecule has 0 saturated heterocycles. The third-order valence-corrected chi connectivity index (χ3v) is 4.05. The fraction of sp³-hybridized carbons (Fsp3) is 0.167. The Morgan fingerprint density at radius 1 is 1.35 bits per heavy atom. The Morgan fingerprint density at radius 3 is 2.75 bits per heavy atom. The van der Waals surface area contributed by atoms with Gasteiger partial charge in [-0.2, -0.15) is 0 Å². The van der Waals surface area contributed by atoms with Crippen LogP contribution >= 0.6 is 22.9 Å². The van der Waals surface area contributed by atoms with E-state index in [1.54, 1.807) is 6.07 Å². The first-order chi connectivity index (χ1) is 9.63. The maximum Gasteiger partial charge on any atom is 0.296 e. The monoisotopic (exact) mass is 312 g/mol. The van der Waals surface area contributed by atoms with Crippen molar-refractivity contribution in [3.8, 4) is 11.5 Å². The summed E-state index contributed by atoms with van der Waals surface area (Å²) in [6.45, 7) is 0.536. The first-order valence-corrected chi connectivity index (χ1v) is 6.94. The van der Waals surface area contributed by atoms with Crippen molar-refractivity contribution in [2.45, 2.75) is 6.54 Å². The van der Waals surface area contributed by atoms with E-state index in [1.165, 1.54) is 17.4 Å². The minimum atomic E-state index is -0.453. The molecule has 0 radical (unpaired) electrons. The number of benzene rings is 1. The van der Waals surface area contributed by atoms with Crippen molar-refractivity contribution in [3.63, 3.8) is 0 Å². The molecule has 2 aromatic rings. The van der Waals surface area contributed by atoms with E-state index < -0.39 is 4.92 Å². The highest BCUT2D eigenvalue weighted by molar-refractivity contribution is 7.10. The molecular weight excluding hydrogens is 304 g/mol. The number of rotatable bonds is 4. The fourth-order valence-corrected chi connectivity index (χ4v) is 2.87. The summed E-state index contributed by atoms with van der Waals surface area (Å²) in [4.78, 5) is 11.6. The number of halogens is 1. The molecular formula is C12H9ClN2O4S. The van der Waals surface area contributed by atoms with Gasteiger partial charge in [-0.15, -0.1) is 11.3 Å². The minimum absolute atomic E-state index is 0.0445. The molecule has 1 aromatic heterocycles. The molecule has 6 nitrogen and oxygen atoms in total. The predicted octanol–water partition coefficient (Wildman–Crippen LogP) is 3.65. The topological polar surface area (TPSA) is 73.6 Å². The lowest BCUT2D eigenvalue weighted by atomic mass is 10.2. The highest BCUT2D eigenvalue weighted by atomic mass is 35.5. The zero-order chi connectivity index (χ0) is 14.1. The van der Waals surface area contributed by atoms with E-state index in [-0.39, 0.29) is 12.5 Å². The lowest BCUT2D eigenvalue weighted by Gasteiger charge is -2.07. The van der Waals surface area contributed by atoms with Gasteiger partial charge < -0.3 is 14.8 Å². The molecule has 8 heteroatoms. The number of nitrogens with one attached hydrogen (secondary N) is 1. The summed E-state index contributed by atoms with van der Waals surface area (Å²) in [7, 11) is 0. The van der Waals surface area contributed by atoms with Crippen molar-refractivity contribution < 1.29 is 14.4 Å². The first kappa shape index (κ1) is 13.0. The largest absolute Gasteiger partial charge is 0.454 e. The van der Waals surface area contributed by atoms with Crippen LogP contribution in [0.15, 0.2) is 23.6 Å². The van der Waals surface area contributed by atoms with Crippen LogP contribution in [0.5, 0.6) is 11.5 Å². The van der Waals surface area contributed by atoms with Crippen LogP contribution in [0.3, 0.4) is 0 Å². The second kappa shape index (κ2) is 5.18. The van der Waals surface area contributed by atoms with Gasteiger partial charge in [-0.25, -0.2) is 0 Å². The van der Waals surface area contributed by atoms with Gasteiger partial charge in [-0.1, -0.05) is 11.6 Å². The van der Waals surface area contributed by atoms with Crippen LogP contribution in [-0.4, -0.2) is 11.7 Å². The van der Waals surface area contributed by atoms with E-state index in [9.17, 15) is 10.1 Å². The van der Waals surface area contributed by atoms with Crippen LogP contribution in [0.4, 0.5) is 11.4 Å². The minimum Gasteiger partial charge on any atom is -0.454 e. The molecule has 0 amide bonds. The molecule has 104 valence electrons. The number of fused-ring (bicyclic) bond motifs is 1. The molecule has 0 aliphatic carbocycles. The normalized spacial score (nSPS) is 12.4. The van der Waals surface area contributed by atoms with E-state index in [4.69, 9.17) is 21.1 Å². The zero-order valence-corrected chi connectivity index (χ0v) is 11.7. The zero-order valence-electron chi connectivity index (χ0n) is 10.1. The van der Waals surface area contributed by atoms with Crippen LogP contribution in [0.25, 0.3) is 0 Å². The third kappa shape index (κ3) is 2.50. The number of nitrogens with zero attached hydrogens (tertiary/aromatic N) is 1. The second-order valence-electron chi connectivity index (χ2n) is 4.06. The van der Waals surface area contributed by atoms with Gasteiger partial charge in [0, 0.05) is 22.9 Å². The molecule has 1 aliphatic heterocycles. The van der Waals surface area contributed by atoms with Gasteiger partial charge in [0.25, 0.3) is 5.69 Å². The molecule has 2 heterocycles. The van der Waals surface area contributed by atoms with Crippen LogP contribution in [0.1, 0.15) is 4.88 Å². The smallest absolute Gasteiger partial charge is 0.296 e. The van der Waals surface area contributed by atoms with Gasteiger partial charge in [0.15, 0.2) is 11.5 Å². The first-order valence-electron chi connectivity index (χ1n) is 5.68. The Labute approximate surface area is 123 Å². The molecule has 0 unspecified atom stereocenters. The molecule has 0 atom stereocenters. The second-order valence-corrected chi connectivity index (χ2v) is 5.50.